The summed E-state index contributed by atoms with van der Waals surface area (Å²) >= 11 is 0. The van der Waals surface area contributed by atoms with Crippen LogP contribution in [0.5, 0.6) is 0 Å². The molecule has 62 valence electrons. The average molecular weight is 148 g/mol. The van der Waals surface area contributed by atoms with Gasteiger partial charge < -0.3 is 14.9 Å². The van der Waals surface area contributed by atoms with Gasteiger partial charge in [0.15, 0.2) is 6.29 Å². The Kier molecular flexibility index (Phi) is 4.60. The molecule has 0 aromatic rings. The first kappa shape index (κ1) is 9.88. The van der Waals surface area contributed by atoms with Crippen LogP contribution in [-0.2, 0) is 4.74 Å². The van der Waals surface area contributed by atoms with E-state index in [-0.39, 0.29) is 5.92 Å². The molecule has 0 aliphatic carbocycles. The van der Waals surface area contributed by atoms with Crippen molar-refractivity contribution in [3.63, 3.8) is 0 Å². The van der Waals surface area contributed by atoms with Gasteiger partial charge in [-0.05, 0) is 6.42 Å². The van der Waals surface area contributed by atoms with Crippen LogP contribution in [0.3, 0.4) is 0 Å². The van der Waals surface area contributed by atoms with E-state index in [1.54, 1.807) is 6.92 Å². The van der Waals surface area contributed by atoms with Gasteiger partial charge in [-0.2, -0.15) is 0 Å². The number of ether oxygens (including phenoxy) is 1. The zero-order valence-electron chi connectivity index (χ0n) is 6.74. The highest BCUT2D eigenvalue weighted by molar-refractivity contribution is 4.64. The van der Waals surface area contributed by atoms with E-state index in [1.165, 1.54) is 7.11 Å². The Morgan fingerprint density at radius 3 is 2.20 bits per heavy atom. The van der Waals surface area contributed by atoms with Gasteiger partial charge in [0.1, 0.15) is 0 Å². The maximum atomic E-state index is 9.19. The zero-order valence-corrected chi connectivity index (χ0v) is 6.74. The molecule has 3 atom stereocenters. The van der Waals surface area contributed by atoms with Crippen molar-refractivity contribution >= 4 is 0 Å². The van der Waals surface area contributed by atoms with Crippen molar-refractivity contribution in [3.05, 3.63) is 0 Å². The summed E-state index contributed by atoms with van der Waals surface area (Å²) in [6.07, 6.45) is -0.688. The summed E-state index contributed by atoms with van der Waals surface area (Å²) in [5.41, 5.74) is 0. The predicted octanol–water partition coefficient (Wildman–Crippen LogP) is 0.358. The normalized spacial score (nSPS) is 20.1. The van der Waals surface area contributed by atoms with Crippen LogP contribution in [-0.4, -0.2) is 29.7 Å². The average Bonchev–Trinajstić information content (AvgIpc) is 2.00. The summed E-state index contributed by atoms with van der Waals surface area (Å²) in [6.45, 7) is 3.62. The zero-order chi connectivity index (χ0) is 8.15. The number of hydrogen-bond acceptors (Lipinski definition) is 3. The molecule has 0 saturated heterocycles. The highest BCUT2D eigenvalue weighted by Crippen LogP contribution is 2.11. The van der Waals surface area contributed by atoms with Gasteiger partial charge in [-0.3, -0.25) is 0 Å². The second-order valence-corrected chi connectivity index (χ2v) is 2.46. The highest BCUT2D eigenvalue weighted by atomic mass is 16.6. The van der Waals surface area contributed by atoms with E-state index in [0.717, 1.165) is 0 Å². The summed E-state index contributed by atoms with van der Waals surface area (Å²) < 4.78 is 4.63. The second-order valence-electron chi connectivity index (χ2n) is 2.46. The van der Waals surface area contributed by atoms with E-state index in [9.17, 15) is 5.11 Å². The topological polar surface area (TPSA) is 49.7 Å². The lowest BCUT2D eigenvalue weighted by atomic mass is 10.0. The molecule has 0 aliphatic rings. The molecule has 0 aromatic heterocycles. The van der Waals surface area contributed by atoms with Crippen LogP contribution in [0.25, 0.3) is 0 Å². The summed E-state index contributed by atoms with van der Waals surface area (Å²) in [4.78, 5) is 0. The molecule has 3 nitrogen and oxygen atoms in total. The molecular weight excluding hydrogens is 132 g/mol. The molecule has 0 bridgehead atoms. The Balaban J connectivity index is 3.69. The van der Waals surface area contributed by atoms with Crippen LogP contribution in [0.4, 0.5) is 0 Å². The fourth-order valence-corrected chi connectivity index (χ4v) is 0.776. The first-order valence-corrected chi connectivity index (χ1v) is 3.52. The first-order chi connectivity index (χ1) is 4.63. The summed E-state index contributed by atoms with van der Waals surface area (Å²) in [5, 5.41) is 18.2. The molecule has 0 aromatic carbocycles. The summed E-state index contributed by atoms with van der Waals surface area (Å²) in [6, 6.07) is 0. The van der Waals surface area contributed by atoms with E-state index in [2.05, 4.69) is 4.74 Å². The third kappa shape index (κ3) is 2.64. The minimum Gasteiger partial charge on any atom is -0.393 e. The van der Waals surface area contributed by atoms with Crippen molar-refractivity contribution in [1.82, 2.24) is 0 Å². The molecule has 10 heavy (non-hydrogen) atoms. The maximum absolute atomic E-state index is 9.19. The van der Waals surface area contributed by atoms with E-state index < -0.39 is 12.4 Å². The molecule has 0 saturated carbocycles. The maximum Gasteiger partial charge on any atom is 0.159 e. The lowest BCUT2D eigenvalue weighted by Crippen LogP contribution is -2.30. The van der Waals surface area contributed by atoms with Gasteiger partial charge in [0.05, 0.1) is 6.10 Å². The lowest BCUT2D eigenvalue weighted by molar-refractivity contribution is -0.135. The number of aliphatic hydroxyl groups excluding tert-OH is 2. The molecule has 0 spiro atoms. The fraction of sp³-hybridized carbons (Fsp3) is 1.00. The second kappa shape index (κ2) is 4.66. The molecule has 3 heteroatoms. The smallest absolute Gasteiger partial charge is 0.159 e. The Bertz CT molecular complexity index is 74.9. The third-order valence-electron chi connectivity index (χ3n) is 1.72. The van der Waals surface area contributed by atoms with Crippen LogP contribution < -0.4 is 0 Å². The SMILES string of the molecule is CCC(O)C(C)C(O)OC. The molecule has 0 fully saturated rings. The predicted molar refractivity (Wildman–Crippen MR) is 38.5 cm³/mol. The number of aliphatic hydroxyl groups is 2. The quantitative estimate of drug-likeness (QED) is 0.566. The Morgan fingerprint density at radius 1 is 1.40 bits per heavy atom. The van der Waals surface area contributed by atoms with Gasteiger partial charge in [-0.15, -0.1) is 0 Å². The Morgan fingerprint density at radius 2 is 1.90 bits per heavy atom. The summed E-state index contributed by atoms with van der Waals surface area (Å²) in [7, 11) is 1.42. The summed E-state index contributed by atoms with van der Waals surface area (Å²) in [5.74, 6) is -0.213. The molecular formula is C7H16O3. The molecule has 0 amide bonds. The number of methoxy groups -OCH3 is 1. The van der Waals surface area contributed by atoms with E-state index in [1.807, 2.05) is 6.92 Å². The van der Waals surface area contributed by atoms with E-state index >= 15 is 0 Å². The van der Waals surface area contributed by atoms with E-state index in [4.69, 9.17) is 5.11 Å². The minimum absolute atomic E-state index is 0.213. The minimum atomic E-state index is -0.852. The molecule has 0 rings (SSSR count). The first-order valence-electron chi connectivity index (χ1n) is 3.52. The van der Waals surface area contributed by atoms with Gasteiger partial charge in [-0.25, -0.2) is 0 Å². The largest absolute Gasteiger partial charge is 0.393 e. The van der Waals surface area contributed by atoms with Gasteiger partial charge in [0.2, 0.25) is 0 Å². The van der Waals surface area contributed by atoms with Crippen LogP contribution in [0.2, 0.25) is 0 Å². The standard InChI is InChI=1S/C7H16O3/c1-4-6(8)5(2)7(9)10-3/h5-9H,4H2,1-3H3. The molecule has 3 unspecified atom stereocenters. The third-order valence-corrected chi connectivity index (χ3v) is 1.72. The van der Waals surface area contributed by atoms with Crippen LogP contribution in [0.1, 0.15) is 20.3 Å². The monoisotopic (exact) mass is 148 g/mol. The van der Waals surface area contributed by atoms with Crippen molar-refractivity contribution in [2.75, 3.05) is 7.11 Å². The number of hydrogen-bond donors (Lipinski definition) is 2. The van der Waals surface area contributed by atoms with Gasteiger partial charge in [0, 0.05) is 13.0 Å². The van der Waals surface area contributed by atoms with Gasteiger partial charge >= 0.3 is 0 Å². The fourth-order valence-electron chi connectivity index (χ4n) is 0.776. The highest BCUT2D eigenvalue weighted by Gasteiger charge is 2.19. The van der Waals surface area contributed by atoms with Crippen LogP contribution in [0, 0.1) is 5.92 Å². The molecule has 0 radical (unpaired) electrons. The van der Waals surface area contributed by atoms with Crippen LogP contribution in [0.15, 0.2) is 0 Å². The van der Waals surface area contributed by atoms with Crippen molar-refractivity contribution in [1.29, 1.82) is 0 Å². The molecule has 0 heterocycles. The van der Waals surface area contributed by atoms with E-state index in [0.29, 0.717) is 6.42 Å². The Hall–Kier alpha value is -0.120. The van der Waals surface area contributed by atoms with Gasteiger partial charge in [-0.1, -0.05) is 13.8 Å². The van der Waals surface area contributed by atoms with Crippen LogP contribution >= 0.6 is 0 Å². The van der Waals surface area contributed by atoms with Crippen molar-refractivity contribution in [2.45, 2.75) is 32.7 Å². The molecule has 2 N–H and O–H groups in total. The van der Waals surface area contributed by atoms with Crippen molar-refractivity contribution in [3.8, 4) is 0 Å². The van der Waals surface area contributed by atoms with Crippen molar-refractivity contribution < 1.29 is 14.9 Å². The lowest BCUT2D eigenvalue weighted by Gasteiger charge is -2.21. The van der Waals surface area contributed by atoms with Crippen molar-refractivity contribution in [2.24, 2.45) is 5.92 Å². The number of rotatable bonds is 4. The van der Waals surface area contributed by atoms with Gasteiger partial charge in [0.25, 0.3) is 0 Å². The molecule has 0 aliphatic heterocycles. The Labute approximate surface area is 61.6 Å².